The first-order chi connectivity index (χ1) is 12.8. The van der Waals surface area contributed by atoms with Gasteiger partial charge in [-0.15, -0.1) is 0 Å². The third kappa shape index (κ3) is 2.93. The number of hydrogen-bond acceptors (Lipinski definition) is 1. The van der Waals surface area contributed by atoms with Crippen LogP contribution in [0.3, 0.4) is 0 Å². The molecule has 0 saturated heterocycles. The molecule has 4 rings (SSSR count). The molecule has 0 aliphatic heterocycles. The van der Waals surface area contributed by atoms with Crippen LogP contribution in [0, 0.1) is 0 Å². The molecule has 26 heavy (non-hydrogen) atoms. The molecule has 0 bridgehead atoms. The topological polar surface area (TPSA) is 20.2 Å². The van der Waals surface area contributed by atoms with E-state index < -0.39 is 18.4 Å². The summed E-state index contributed by atoms with van der Waals surface area (Å²) in [5, 5.41) is 10.3. The summed E-state index contributed by atoms with van der Waals surface area (Å²) < 4.78 is 5.39. The zero-order valence-electron chi connectivity index (χ0n) is 14.4. The summed E-state index contributed by atoms with van der Waals surface area (Å²) in [6.07, 6.45) is 0. The maximum absolute atomic E-state index is 10.3. The first-order valence-corrected chi connectivity index (χ1v) is 14.5. The van der Waals surface area contributed by atoms with E-state index in [0.717, 1.165) is 0 Å². The molecule has 0 aromatic heterocycles. The van der Waals surface area contributed by atoms with Crippen LogP contribution in [0.5, 0.6) is 5.75 Å². The van der Waals surface area contributed by atoms with Crippen molar-refractivity contribution in [2.24, 2.45) is 0 Å². The van der Waals surface area contributed by atoms with Gasteiger partial charge in [0.15, 0.2) is 0 Å². The van der Waals surface area contributed by atoms with Gasteiger partial charge >= 0.3 is 159 Å². The van der Waals surface area contributed by atoms with Gasteiger partial charge in [0, 0.05) is 0 Å². The Kier molecular flexibility index (Phi) is 4.80. The van der Waals surface area contributed by atoms with Gasteiger partial charge in [-0.05, 0) is 0 Å². The summed E-state index contributed by atoms with van der Waals surface area (Å²) in [5.41, 5.74) is 0. The van der Waals surface area contributed by atoms with Crippen LogP contribution in [-0.2, 0) is 0 Å². The third-order valence-corrected chi connectivity index (χ3v) is 18.5. The molecule has 0 atom stereocenters. The minimum absolute atomic E-state index is 0.325. The van der Waals surface area contributed by atoms with E-state index in [1.165, 1.54) is 14.3 Å². The fourth-order valence-corrected chi connectivity index (χ4v) is 17.5. The molecule has 0 heterocycles. The molecule has 126 valence electrons. The van der Waals surface area contributed by atoms with Crippen molar-refractivity contribution in [3.8, 4) is 5.75 Å². The van der Waals surface area contributed by atoms with Crippen molar-refractivity contribution in [3.05, 3.63) is 115 Å². The van der Waals surface area contributed by atoms with Crippen LogP contribution in [0.25, 0.3) is 0 Å². The Morgan fingerprint density at radius 1 is 0.423 bits per heavy atom. The van der Waals surface area contributed by atoms with E-state index in [2.05, 4.69) is 97.1 Å². The standard InChI is InChI=1S/C6H5O.3C6H5.Sn/c7-6-4-2-1-3-5-6;3*1-2-4-6-5-3-1;/h1-2,4-5,7H;3*1-5H;. The van der Waals surface area contributed by atoms with E-state index in [4.69, 9.17) is 0 Å². The van der Waals surface area contributed by atoms with Gasteiger partial charge in [0.25, 0.3) is 0 Å². The van der Waals surface area contributed by atoms with Crippen molar-refractivity contribution in [3.63, 3.8) is 0 Å². The predicted octanol–water partition coefficient (Wildman–Crippen LogP) is 2.77. The molecule has 0 amide bonds. The van der Waals surface area contributed by atoms with Gasteiger partial charge in [-0.3, -0.25) is 0 Å². The second-order valence-electron chi connectivity index (χ2n) is 6.40. The van der Waals surface area contributed by atoms with E-state index in [0.29, 0.717) is 5.75 Å². The molecule has 0 aliphatic rings. The number of phenols is 1. The average Bonchev–Trinajstić information content (AvgIpc) is 2.71. The van der Waals surface area contributed by atoms with E-state index >= 15 is 0 Å². The Morgan fingerprint density at radius 2 is 0.808 bits per heavy atom. The van der Waals surface area contributed by atoms with Crippen LogP contribution in [-0.4, -0.2) is 23.5 Å². The predicted molar refractivity (Wildman–Crippen MR) is 112 cm³/mol. The summed E-state index contributed by atoms with van der Waals surface area (Å²) >= 11 is -3.51. The number of phenolic OH excluding ortho intramolecular Hbond substituents is 1. The van der Waals surface area contributed by atoms with Gasteiger partial charge < -0.3 is 0 Å². The summed E-state index contributed by atoms with van der Waals surface area (Å²) in [6.45, 7) is 0. The first kappa shape index (κ1) is 16.9. The molecule has 4 aromatic carbocycles. The summed E-state index contributed by atoms with van der Waals surface area (Å²) in [4.78, 5) is 0. The zero-order valence-corrected chi connectivity index (χ0v) is 17.3. The van der Waals surface area contributed by atoms with Crippen LogP contribution in [0.1, 0.15) is 0 Å². The molecule has 0 unspecified atom stereocenters. The Hall–Kier alpha value is -2.52. The fourth-order valence-electron chi connectivity index (χ4n) is 3.80. The van der Waals surface area contributed by atoms with Crippen molar-refractivity contribution < 1.29 is 5.11 Å². The monoisotopic (exact) mass is 444 g/mol. The molecular formula is C24H20OSn. The molecule has 0 saturated carbocycles. The molecule has 0 spiro atoms. The molecule has 0 radical (unpaired) electrons. The normalized spacial score (nSPS) is 11.2. The van der Waals surface area contributed by atoms with Gasteiger partial charge in [0.2, 0.25) is 0 Å². The molecule has 1 N–H and O–H groups in total. The number of hydrogen-bond donors (Lipinski definition) is 1. The Bertz CT molecular complexity index is 885. The summed E-state index contributed by atoms with van der Waals surface area (Å²) in [6, 6.07) is 40.3. The number of rotatable bonds is 4. The Balaban J connectivity index is 2.14. The van der Waals surface area contributed by atoms with Crippen LogP contribution < -0.4 is 14.3 Å². The van der Waals surface area contributed by atoms with E-state index in [1.807, 2.05) is 12.1 Å². The quantitative estimate of drug-likeness (QED) is 0.482. The SMILES string of the molecule is Oc1ccc[c]([Sn]([c]2ccccc2)([c]2ccccc2)[c]2ccccc2)c1. The molecule has 4 aromatic rings. The van der Waals surface area contributed by atoms with E-state index in [-0.39, 0.29) is 0 Å². The zero-order chi connectivity index (χ0) is 17.8. The van der Waals surface area contributed by atoms with E-state index in [1.54, 1.807) is 6.07 Å². The average molecular weight is 443 g/mol. The third-order valence-electron chi connectivity index (χ3n) is 4.90. The van der Waals surface area contributed by atoms with Gasteiger partial charge in [0.05, 0.1) is 0 Å². The Morgan fingerprint density at radius 3 is 1.19 bits per heavy atom. The van der Waals surface area contributed by atoms with Crippen molar-refractivity contribution in [1.29, 1.82) is 0 Å². The molecule has 2 heteroatoms. The summed E-state index contributed by atoms with van der Waals surface area (Å²) in [7, 11) is 0. The van der Waals surface area contributed by atoms with Gasteiger partial charge in [-0.2, -0.15) is 0 Å². The van der Waals surface area contributed by atoms with Crippen molar-refractivity contribution in [2.75, 3.05) is 0 Å². The van der Waals surface area contributed by atoms with Gasteiger partial charge in [-0.1, -0.05) is 0 Å². The minimum atomic E-state index is -3.51. The van der Waals surface area contributed by atoms with Crippen LogP contribution >= 0.6 is 0 Å². The van der Waals surface area contributed by atoms with Crippen molar-refractivity contribution in [2.45, 2.75) is 0 Å². The first-order valence-electron chi connectivity index (χ1n) is 8.78. The second kappa shape index (κ2) is 7.38. The number of benzene rings is 4. The van der Waals surface area contributed by atoms with Gasteiger partial charge in [0.1, 0.15) is 0 Å². The van der Waals surface area contributed by atoms with Crippen molar-refractivity contribution in [1.82, 2.24) is 0 Å². The Labute approximate surface area is 158 Å². The molecule has 1 nitrogen and oxygen atoms in total. The molecule has 0 fully saturated rings. The maximum atomic E-state index is 10.3. The second-order valence-corrected chi connectivity index (χ2v) is 17.3. The van der Waals surface area contributed by atoms with E-state index in [9.17, 15) is 5.11 Å². The van der Waals surface area contributed by atoms with Crippen LogP contribution in [0.2, 0.25) is 0 Å². The number of aromatic hydroxyl groups is 1. The van der Waals surface area contributed by atoms with Gasteiger partial charge in [-0.25, -0.2) is 0 Å². The van der Waals surface area contributed by atoms with Crippen LogP contribution in [0.15, 0.2) is 115 Å². The fraction of sp³-hybridized carbons (Fsp3) is 0. The van der Waals surface area contributed by atoms with Crippen LogP contribution in [0.4, 0.5) is 0 Å². The molecule has 0 aliphatic carbocycles. The van der Waals surface area contributed by atoms with Crippen molar-refractivity contribution >= 4 is 32.7 Å². The summed E-state index contributed by atoms with van der Waals surface area (Å²) in [5.74, 6) is 0.325. The molecular weight excluding hydrogens is 423 g/mol.